The fourth-order valence-electron chi connectivity index (χ4n) is 1.63. The van der Waals surface area contributed by atoms with E-state index in [1.165, 1.54) is 4.90 Å². The van der Waals surface area contributed by atoms with Crippen LogP contribution in [0.3, 0.4) is 0 Å². The van der Waals surface area contributed by atoms with E-state index in [0.717, 1.165) is 0 Å². The minimum absolute atomic E-state index is 0.191. The van der Waals surface area contributed by atoms with Gasteiger partial charge in [-0.3, -0.25) is 0 Å². The van der Waals surface area contributed by atoms with E-state index in [1.807, 2.05) is 13.8 Å². The molecule has 1 atom stereocenters. The predicted molar refractivity (Wildman–Crippen MR) is 69.5 cm³/mol. The number of H-pyrrole nitrogens is 1. The van der Waals surface area contributed by atoms with Gasteiger partial charge in [-0.25, -0.2) is 14.6 Å². The summed E-state index contributed by atoms with van der Waals surface area (Å²) >= 11 is 0. The van der Waals surface area contributed by atoms with Crippen molar-refractivity contribution in [2.75, 3.05) is 7.05 Å². The SMILES string of the molecule is CC(C)CC(NC(=O)N(C)Cc1ncc[nH]1)C(=O)O. The number of nitrogens with zero attached hydrogens (tertiary/aromatic N) is 2. The molecule has 0 aliphatic heterocycles. The molecule has 0 spiro atoms. The minimum atomic E-state index is -1.02. The van der Waals surface area contributed by atoms with Crippen molar-refractivity contribution in [3.05, 3.63) is 18.2 Å². The smallest absolute Gasteiger partial charge is 0.326 e. The van der Waals surface area contributed by atoms with Crippen molar-refractivity contribution in [2.24, 2.45) is 5.92 Å². The topological polar surface area (TPSA) is 98.3 Å². The van der Waals surface area contributed by atoms with Gasteiger partial charge in [0.25, 0.3) is 0 Å². The second-order valence-electron chi connectivity index (χ2n) is 4.86. The number of imidazole rings is 1. The summed E-state index contributed by atoms with van der Waals surface area (Å²) in [5.74, 6) is -0.182. The molecule has 19 heavy (non-hydrogen) atoms. The molecular weight excluding hydrogens is 248 g/mol. The quantitative estimate of drug-likeness (QED) is 0.718. The van der Waals surface area contributed by atoms with E-state index < -0.39 is 18.0 Å². The molecule has 7 heteroatoms. The van der Waals surface area contributed by atoms with Crippen molar-refractivity contribution < 1.29 is 14.7 Å². The summed E-state index contributed by atoms with van der Waals surface area (Å²) < 4.78 is 0. The van der Waals surface area contributed by atoms with Gasteiger partial charge >= 0.3 is 12.0 Å². The number of urea groups is 1. The lowest BCUT2D eigenvalue weighted by Gasteiger charge is -2.21. The van der Waals surface area contributed by atoms with Crippen LogP contribution in [0.25, 0.3) is 0 Å². The number of hydrogen-bond donors (Lipinski definition) is 3. The molecule has 1 rings (SSSR count). The van der Waals surface area contributed by atoms with Crippen molar-refractivity contribution in [3.63, 3.8) is 0 Å². The van der Waals surface area contributed by atoms with Crippen molar-refractivity contribution in [1.82, 2.24) is 20.2 Å². The second kappa shape index (κ2) is 6.77. The van der Waals surface area contributed by atoms with E-state index in [-0.39, 0.29) is 5.92 Å². The molecule has 0 fully saturated rings. The lowest BCUT2D eigenvalue weighted by Crippen LogP contribution is -2.47. The van der Waals surface area contributed by atoms with Crippen LogP contribution in [0.15, 0.2) is 12.4 Å². The lowest BCUT2D eigenvalue weighted by atomic mass is 10.0. The van der Waals surface area contributed by atoms with Crippen LogP contribution in [0.2, 0.25) is 0 Å². The summed E-state index contributed by atoms with van der Waals surface area (Å²) in [6.45, 7) is 4.12. The summed E-state index contributed by atoms with van der Waals surface area (Å²) in [6, 6.07) is -1.30. The highest BCUT2D eigenvalue weighted by atomic mass is 16.4. The zero-order valence-electron chi connectivity index (χ0n) is 11.4. The van der Waals surface area contributed by atoms with Crippen molar-refractivity contribution >= 4 is 12.0 Å². The Morgan fingerprint density at radius 2 is 2.21 bits per heavy atom. The third-order valence-electron chi connectivity index (χ3n) is 2.59. The van der Waals surface area contributed by atoms with Gasteiger partial charge in [0.1, 0.15) is 11.9 Å². The van der Waals surface area contributed by atoms with Crippen LogP contribution in [-0.2, 0) is 11.3 Å². The van der Waals surface area contributed by atoms with Crippen molar-refractivity contribution in [2.45, 2.75) is 32.9 Å². The molecule has 0 saturated heterocycles. The molecule has 106 valence electrons. The molecule has 0 aromatic carbocycles. The third kappa shape index (κ3) is 4.99. The van der Waals surface area contributed by atoms with Crippen LogP contribution in [0.1, 0.15) is 26.1 Å². The first kappa shape index (κ1) is 15.0. The number of nitrogens with one attached hydrogen (secondary N) is 2. The van der Waals surface area contributed by atoms with Gasteiger partial charge in [0.2, 0.25) is 0 Å². The molecule has 7 nitrogen and oxygen atoms in total. The number of rotatable bonds is 6. The second-order valence-corrected chi connectivity index (χ2v) is 4.86. The molecule has 2 amide bonds. The number of carbonyl (C=O) groups is 2. The maximum absolute atomic E-state index is 11.9. The number of aromatic nitrogens is 2. The Balaban J connectivity index is 2.53. The molecule has 1 heterocycles. The average molecular weight is 268 g/mol. The first-order valence-electron chi connectivity index (χ1n) is 6.12. The standard InChI is InChI=1S/C12H20N4O3/c1-8(2)6-9(11(17)18)15-12(19)16(3)7-10-13-4-5-14-10/h4-5,8-9H,6-7H2,1-3H3,(H,13,14)(H,15,19)(H,17,18). The van der Waals surface area contributed by atoms with Gasteiger partial charge in [-0.2, -0.15) is 0 Å². The number of amides is 2. The highest BCUT2D eigenvalue weighted by Crippen LogP contribution is 2.06. The molecule has 0 aliphatic carbocycles. The third-order valence-corrected chi connectivity index (χ3v) is 2.59. The first-order valence-corrected chi connectivity index (χ1v) is 6.12. The van der Waals surface area contributed by atoms with Gasteiger partial charge in [-0.05, 0) is 12.3 Å². The van der Waals surface area contributed by atoms with Crippen LogP contribution in [0.4, 0.5) is 4.79 Å². The monoisotopic (exact) mass is 268 g/mol. The van der Waals surface area contributed by atoms with Crippen molar-refractivity contribution in [1.29, 1.82) is 0 Å². The van der Waals surface area contributed by atoms with Crippen LogP contribution in [-0.4, -0.2) is 45.1 Å². The minimum Gasteiger partial charge on any atom is -0.480 e. The number of carboxylic acids is 1. The van der Waals surface area contributed by atoms with Gasteiger partial charge < -0.3 is 20.3 Å². The number of carboxylic acid groups (broad SMARTS) is 1. The summed E-state index contributed by atoms with van der Waals surface area (Å²) in [5, 5.41) is 11.6. The van der Waals surface area contributed by atoms with E-state index in [4.69, 9.17) is 5.11 Å². The van der Waals surface area contributed by atoms with Crippen LogP contribution in [0, 0.1) is 5.92 Å². The molecule has 1 unspecified atom stereocenters. The number of aliphatic carboxylic acids is 1. The highest BCUT2D eigenvalue weighted by Gasteiger charge is 2.22. The molecule has 0 aliphatic rings. The van der Waals surface area contributed by atoms with Gasteiger partial charge in [0.15, 0.2) is 0 Å². The van der Waals surface area contributed by atoms with E-state index in [9.17, 15) is 9.59 Å². The van der Waals surface area contributed by atoms with Gasteiger partial charge in [-0.1, -0.05) is 13.8 Å². The molecular formula is C12H20N4O3. The highest BCUT2D eigenvalue weighted by molar-refractivity contribution is 5.82. The number of hydrogen-bond acceptors (Lipinski definition) is 3. The van der Waals surface area contributed by atoms with Gasteiger partial charge in [-0.15, -0.1) is 0 Å². The molecule has 1 aromatic heterocycles. The summed E-state index contributed by atoms with van der Waals surface area (Å²) in [4.78, 5) is 31.2. The van der Waals surface area contributed by atoms with Gasteiger partial charge in [0.05, 0.1) is 6.54 Å². The summed E-state index contributed by atoms with van der Waals surface area (Å²) in [7, 11) is 1.59. The summed E-state index contributed by atoms with van der Waals surface area (Å²) in [6.07, 6.45) is 3.66. The normalized spacial score (nSPS) is 12.2. The summed E-state index contributed by atoms with van der Waals surface area (Å²) in [5.41, 5.74) is 0. The Labute approximate surface area is 112 Å². The van der Waals surface area contributed by atoms with Crippen molar-refractivity contribution in [3.8, 4) is 0 Å². The van der Waals surface area contributed by atoms with Crippen LogP contribution in [0.5, 0.6) is 0 Å². The molecule has 1 aromatic rings. The zero-order chi connectivity index (χ0) is 14.4. The molecule has 0 radical (unpaired) electrons. The number of aromatic amines is 1. The fourth-order valence-corrected chi connectivity index (χ4v) is 1.63. The van der Waals surface area contributed by atoms with E-state index in [0.29, 0.717) is 18.8 Å². The largest absolute Gasteiger partial charge is 0.480 e. The Morgan fingerprint density at radius 3 is 2.68 bits per heavy atom. The predicted octanol–water partition coefficient (Wildman–Crippen LogP) is 1.05. The average Bonchev–Trinajstić information content (AvgIpc) is 2.79. The molecule has 0 bridgehead atoms. The van der Waals surface area contributed by atoms with E-state index in [2.05, 4.69) is 15.3 Å². The zero-order valence-corrected chi connectivity index (χ0v) is 11.4. The Bertz CT molecular complexity index is 417. The maximum atomic E-state index is 11.9. The van der Waals surface area contributed by atoms with Crippen LogP contribution >= 0.6 is 0 Å². The Morgan fingerprint density at radius 1 is 1.53 bits per heavy atom. The Kier molecular flexibility index (Phi) is 5.35. The fraction of sp³-hybridized carbons (Fsp3) is 0.583. The van der Waals surface area contributed by atoms with E-state index in [1.54, 1.807) is 19.4 Å². The maximum Gasteiger partial charge on any atom is 0.326 e. The van der Waals surface area contributed by atoms with Gasteiger partial charge in [0, 0.05) is 19.4 Å². The Hall–Kier alpha value is -2.05. The molecule has 0 saturated carbocycles. The van der Waals surface area contributed by atoms with Crippen LogP contribution < -0.4 is 5.32 Å². The van der Waals surface area contributed by atoms with E-state index >= 15 is 0 Å². The first-order chi connectivity index (χ1) is 8.90. The lowest BCUT2D eigenvalue weighted by molar-refractivity contribution is -0.139. The number of carbonyl (C=O) groups excluding carboxylic acids is 1. The molecule has 3 N–H and O–H groups in total.